The lowest BCUT2D eigenvalue weighted by atomic mass is 10.2. The Kier molecular flexibility index (Phi) is 3.96. The number of hydrogen-bond acceptors (Lipinski definition) is 2. The average Bonchev–Trinajstić information content (AvgIpc) is 2.13. The Bertz CT molecular complexity index is 264. The van der Waals surface area contributed by atoms with Crippen LogP contribution >= 0.6 is 0 Å². The summed E-state index contributed by atoms with van der Waals surface area (Å²) in [5, 5.41) is 16.7. The third-order valence-corrected chi connectivity index (χ3v) is 1.79. The molecule has 0 aromatic carbocycles. The Morgan fingerprint density at radius 3 is 3.08 bits per heavy atom. The van der Waals surface area contributed by atoms with Crippen molar-refractivity contribution in [2.24, 2.45) is 4.99 Å². The van der Waals surface area contributed by atoms with E-state index in [1.807, 2.05) is 6.08 Å². The van der Waals surface area contributed by atoms with Crippen LogP contribution in [0.2, 0.25) is 0 Å². The number of aliphatic hydroxyl groups is 1. The van der Waals surface area contributed by atoms with Gasteiger partial charge in [0.2, 0.25) is 0 Å². The zero-order valence-electron chi connectivity index (χ0n) is 7.53. The highest BCUT2D eigenvalue weighted by atomic mass is 16.3. The molecule has 0 spiro atoms. The fourth-order valence-electron chi connectivity index (χ4n) is 1.08. The summed E-state index contributed by atoms with van der Waals surface area (Å²) in [4.78, 5) is 3.92. The molecule has 0 amide bonds. The summed E-state index contributed by atoms with van der Waals surface area (Å²) in [6, 6.07) is 0. The average molecular weight is 178 g/mol. The first kappa shape index (κ1) is 9.71. The van der Waals surface area contributed by atoms with Gasteiger partial charge in [0, 0.05) is 19.1 Å². The number of nitrogens with zero attached hydrogens (tertiary/aromatic N) is 1. The quantitative estimate of drug-likeness (QED) is 0.588. The maximum Gasteiger partial charge on any atom is 0.120 e. The molecule has 0 atom stereocenters. The molecule has 0 unspecified atom stereocenters. The Balaban J connectivity index is 2.59. The van der Waals surface area contributed by atoms with Gasteiger partial charge in [-0.25, -0.2) is 4.99 Å². The Morgan fingerprint density at radius 1 is 1.38 bits per heavy atom. The fraction of sp³-hybridized carbons (Fsp3) is 0.400. The van der Waals surface area contributed by atoms with E-state index in [0.717, 1.165) is 12.8 Å². The van der Waals surface area contributed by atoms with Gasteiger partial charge in [0.1, 0.15) is 5.84 Å². The van der Waals surface area contributed by atoms with Crippen LogP contribution in [0.1, 0.15) is 25.7 Å². The molecule has 1 aliphatic heterocycles. The topological polar surface area (TPSA) is 56.4 Å². The van der Waals surface area contributed by atoms with Crippen molar-refractivity contribution in [3.8, 4) is 0 Å². The molecule has 0 bridgehead atoms. The van der Waals surface area contributed by atoms with Crippen LogP contribution in [0.25, 0.3) is 0 Å². The Hall–Kier alpha value is -1.38. The van der Waals surface area contributed by atoms with E-state index in [1.165, 1.54) is 0 Å². The maximum absolute atomic E-state index is 9.33. The van der Waals surface area contributed by atoms with Crippen molar-refractivity contribution < 1.29 is 5.11 Å². The molecule has 1 rings (SSSR count). The van der Waals surface area contributed by atoms with Gasteiger partial charge in [-0.3, -0.25) is 5.41 Å². The van der Waals surface area contributed by atoms with Gasteiger partial charge < -0.3 is 5.11 Å². The van der Waals surface area contributed by atoms with Gasteiger partial charge >= 0.3 is 0 Å². The predicted molar refractivity (Wildman–Crippen MR) is 54.5 cm³/mol. The van der Waals surface area contributed by atoms with Crippen molar-refractivity contribution in [1.29, 1.82) is 5.41 Å². The summed E-state index contributed by atoms with van der Waals surface area (Å²) in [6.45, 7) is 0. The molecule has 13 heavy (non-hydrogen) atoms. The normalized spacial score (nSPS) is 25.8. The van der Waals surface area contributed by atoms with Crippen LogP contribution in [0.3, 0.4) is 0 Å². The third-order valence-electron chi connectivity index (χ3n) is 1.79. The maximum atomic E-state index is 9.33. The lowest BCUT2D eigenvalue weighted by molar-refractivity contribution is 0.383. The summed E-state index contributed by atoms with van der Waals surface area (Å²) in [7, 11) is 0. The standard InChI is InChI=1S/C10H14N2O/c11-10-7-4-6-9(13)5-2-1-3-8-12-10/h1,3,5,8,11,13H,2,4,6-7H2/b3-1-,9-5+,11-10?,12-8?. The van der Waals surface area contributed by atoms with Crippen LogP contribution in [0.4, 0.5) is 0 Å². The van der Waals surface area contributed by atoms with E-state index >= 15 is 0 Å². The second-order valence-electron chi connectivity index (χ2n) is 2.94. The van der Waals surface area contributed by atoms with E-state index in [2.05, 4.69) is 4.99 Å². The molecule has 0 aromatic heterocycles. The molecule has 70 valence electrons. The van der Waals surface area contributed by atoms with Crippen LogP contribution in [0.15, 0.2) is 29.0 Å². The molecular weight excluding hydrogens is 164 g/mol. The van der Waals surface area contributed by atoms with Crippen molar-refractivity contribution in [1.82, 2.24) is 0 Å². The SMILES string of the molecule is N=C1CCC/C(O)=C\C/C=C\C=N1. The second kappa shape index (κ2) is 5.30. The van der Waals surface area contributed by atoms with Gasteiger partial charge in [0.05, 0.1) is 5.76 Å². The van der Waals surface area contributed by atoms with E-state index < -0.39 is 0 Å². The molecule has 3 nitrogen and oxygen atoms in total. The fourth-order valence-corrected chi connectivity index (χ4v) is 1.08. The number of aliphatic hydroxyl groups excluding tert-OH is 1. The predicted octanol–water partition coefficient (Wildman–Crippen LogP) is 2.61. The highest BCUT2D eigenvalue weighted by molar-refractivity contribution is 5.90. The number of nitrogens with one attached hydrogen (secondary N) is 1. The minimum Gasteiger partial charge on any atom is -0.513 e. The molecule has 0 saturated heterocycles. The second-order valence-corrected chi connectivity index (χ2v) is 2.94. The van der Waals surface area contributed by atoms with Gasteiger partial charge in [-0.2, -0.15) is 0 Å². The van der Waals surface area contributed by atoms with Crippen LogP contribution in [-0.4, -0.2) is 17.2 Å². The zero-order chi connectivity index (χ0) is 9.52. The largest absolute Gasteiger partial charge is 0.513 e. The van der Waals surface area contributed by atoms with Gasteiger partial charge in [0.15, 0.2) is 0 Å². The molecule has 1 aliphatic rings. The number of rotatable bonds is 0. The van der Waals surface area contributed by atoms with E-state index in [-0.39, 0.29) is 0 Å². The van der Waals surface area contributed by atoms with Gasteiger partial charge in [0.25, 0.3) is 0 Å². The first-order valence-corrected chi connectivity index (χ1v) is 4.43. The smallest absolute Gasteiger partial charge is 0.120 e. The third kappa shape index (κ3) is 4.25. The number of hydrogen-bond donors (Lipinski definition) is 2. The summed E-state index contributed by atoms with van der Waals surface area (Å²) in [5.74, 6) is 0.790. The molecular formula is C10H14N2O. The number of aliphatic imine (C=N–C) groups is 1. The first-order chi connectivity index (χ1) is 6.29. The molecule has 0 radical (unpaired) electrons. The summed E-state index contributed by atoms with van der Waals surface area (Å²) < 4.78 is 0. The minimum absolute atomic E-state index is 0.374. The molecule has 0 aliphatic carbocycles. The monoisotopic (exact) mass is 178 g/mol. The van der Waals surface area contributed by atoms with Crippen molar-refractivity contribution in [2.45, 2.75) is 25.7 Å². The molecule has 1 heterocycles. The Labute approximate surface area is 78.0 Å². The van der Waals surface area contributed by atoms with Crippen molar-refractivity contribution >= 4 is 12.1 Å². The molecule has 0 aromatic rings. The van der Waals surface area contributed by atoms with Crippen LogP contribution < -0.4 is 0 Å². The van der Waals surface area contributed by atoms with E-state index in [9.17, 15) is 5.11 Å². The summed E-state index contributed by atoms with van der Waals surface area (Å²) >= 11 is 0. The Morgan fingerprint density at radius 2 is 2.23 bits per heavy atom. The number of allylic oxidation sites excluding steroid dienone is 4. The van der Waals surface area contributed by atoms with Crippen LogP contribution in [0.5, 0.6) is 0 Å². The highest BCUT2D eigenvalue weighted by Gasteiger charge is 1.97. The minimum atomic E-state index is 0.374. The first-order valence-electron chi connectivity index (χ1n) is 4.43. The van der Waals surface area contributed by atoms with Gasteiger partial charge in [-0.05, 0) is 25.0 Å². The zero-order valence-corrected chi connectivity index (χ0v) is 7.53. The van der Waals surface area contributed by atoms with Crippen LogP contribution in [-0.2, 0) is 0 Å². The molecule has 0 fully saturated rings. The summed E-state index contributed by atoms with van der Waals surface area (Å²) in [5.41, 5.74) is 0. The molecule has 3 heteroatoms. The molecule has 2 N–H and O–H groups in total. The lowest BCUT2D eigenvalue weighted by Gasteiger charge is -1.98. The summed E-state index contributed by atoms with van der Waals surface area (Å²) in [6.07, 6.45) is 9.90. The molecule has 0 saturated carbocycles. The van der Waals surface area contributed by atoms with Gasteiger partial charge in [-0.1, -0.05) is 6.08 Å². The van der Waals surface area contributed by atoms with E-state index in [1.54, 1.807) is 18.4 Å². The lowest BCUT2D eigenvalue weighted by Crippen LogP contribution is -1.92. The highest BCUT2D eigenvalue weighted by Crippen LogP contribution is 2.07. The van der Waals surface area contributed by atoms with E-state index in [0.29, 0.717) is 24.4 Å². The number of amidine groups is 1. The van der Waals surface area contributed by atoms with E-state index in [4.69, 9.17) is 5.41 Å². The van der Waals surface area contributed by atoms with Crippen molar-refractivity contribution in [3.05, 3.63) is 24.0 Å². The van der Waals surface area contributed by atoms with Crippen molar-refractivity contribution in [2.75, 3.05) is 0 Å². The van der Waals surface area contributed by atoms with Gasteiger partial charge in [-0.15, -0.1) is 0 Å². The van der Waals surface area contributed by atoms with Crippen molar-refractivity contribution in [3.63, 3.8) is 0 Å². The van der Waals surface area contributed by atoms with Crippen LogP contribution in [0, 0.1) is 5.41 Å².